The minimum Gasteiger partial charge on any atom is -0.476 e. The van der Waals surface area contributed by atoms with Gasteiger partial charge < -0.3 is 25.4 Å². The molecule has 1 fully saturated rings. The van der Waals surface area contributed by atoms with Crippen LogP contribution in [0, 0.1) is 0 Å². The number of aliphatic hydroxyl groups excluding tert-OH is 2. The molecule has 0 amide bonds. The summed E-state index contributed by atoms with van der Waals surface area (Å²) in [6.07, 6.45) is -2.68. The van der Waals surface area contributed by atoms with Crippen LogP contribution < -0.4 is 10.5 Å². The molecule has 2 aromatic heterocycles. The third kappa shape index (κ3) is 2.27. The number of fused-ring (bicyclic) bond motifs is 1. The van der Waals surface area contributed by atoms with Gasteiger partial charge in [-0.3, -0.25) is 4.57 Å². The number of halogens is 2. The van der Waals surface area contributed by atoms with Gasteiger partial charge in [-0.25, -0.2) is 13.8 Å². The largest absolute Gasteiger partial charge is 0.476 e. The molecule has 1 aliphatic rings. The van der Waals surface area contributed by atoms with Gasteiger partial charge in [-0.2, -0.15) is 9.97 Å². The van der Waals surface area contributed by atoms with Crippen LogP contribution >= 0.6 is 0 Å². The van der Waals surface area contributed by atoms with Crippen LogP contribution in [0.3, 0.4) is 0 Å². The first-order valence-electron chi connectivity index (χ1n) is 7.22. The number of nitrogens with zero attached hydrogens (tertiary/aromatic N) is 4. The number of ether oxygens (including phenoxy) is 2. The summed E-state index contributed by atoms with van der Waals surface area (Å²) in [5.74, 6) is -3.02. The average molecular weight is 345 g/mol. The zero-order chi connectivity index (χ0) is 17.7. The molecule has 3 heterocycles. The number of nitrogen functional groups attached to an aromatic ring is 1. The van der Waals surface area contributed by atoms with Crippen LogP contribution in [0.5, 0.6) is 5.88 Å². The molecule has 0 spiro atoms. The summed E-state index contributed by atoms with van der Waals surface area (Å²) in [6.45, 7) is 1.77. The van der Waals surface area contributed by atoms with Crippen molar-refractivity contribution in [2.75, 3.05) is 18.9 Å². The smallest absolute Gasteiger partial charge is 0.263 e. The number of aromatic nitrogens is 4. The maximum Gasteiger partial charge on any atom is 0.263 e. The van der Waals surface area contributed by atoms with E-state index >= 15 is 0 Å². The molecule has 2 aromatic rings. The molecule has 1 saturated heterocycles. The summed E-state index contributed by atoms with van der Waals surface area (Å²) >= 11 is 0. The van der Waals surface area contributed by atoms with Crippen molar-refractivity contribution in [2.45, 2.75) is 37.7 Å². The maximum atomic E-state index is 14.9. The minimum absolute atomic E-state index is 0.0502. The highest BCUT2D eigenvalue weighted by atomic mass is 19.2. The normalized spacial score (nSPS) is 33.2. The van der Waals surface area contributed by atoms with Gasteiger partial charge in [0.15, 0.2) is 29.2 Å². The first-order valence-corrected chi connectivity index (χ1v) is 7.22. The van der Waals surface area contributed by atoms with Gasteiger partial charge in [0.25, 0.3) is 5.85 Å². The van der Waals surface area contributed by atoms with E-state index in [2.05, 4.69) is 15.0 Å². The van der Waals surface area contributed by atoms with E-state index in [1.165, 1.54) is 0 Å². The van der Waals surface area contributed by atoms with Crippen LogP contribution in [-0.2, 0) is 4.74 Å². The zero-order valence-corrected chi connectivity index (χ0v) is 13.0. The molecular weight excluding hydrogens is 328 g/mol. The van der Waals surface area contributed by atoms with Crippen LogP contribution in [0.25, 0.3) is 11.2 Å². The van der Waals surface area contributed by atoms with E-state index in [0.29, 0.717) is 0 Å². The Hall–Kier alpha value is -2.11. The Balaban J connectivity index is 2.13. The predicted molar refractivity (Wildman–Crippen MR) is 77.5 cm³/mol. The highest BCUT2D eigenvalue weighted by Crippen LogP contribution is 2.48. The van der Waals surface area contributed by atoms with Gasteiger partial charge in [-0.05, 0) is 13.8 Å². The number of nitrogens with two attached hydrogens (primary N) is 1. The number of imidazole rings is 1. The van der Waals surface area contributed by atoms with Crippen LogP contribution in [0.1, 0.15) is 20.1 Å². The SMILES string of the molecule is CCOc1nc(N)nc2c1ncn2[C@@H]1O[C@](F)(CO)[C@@H](O)[C@@]1(C)F. The highest BCUT2D eigenvalue weighted by molar-refractivity contribution is 5.77. The maximum absolute atomic E-state index is 14.9. The summed E-state index contributed by atoms with van der Waals surface area (Å²) in [4.78, 5) is 11.9. The fourth-order valence-corrected chi connectivity index (χ4v) is 2.69. The predicted octanol–water partition coefficient (Wildman–Crippen LogP) is 0.0832. The van der Waals surface area contributed by atoms with Crippen molar-refractivity contribution in [2.24, 2.45) is 0 Å². The van der Waals surface area contributed by atoms with E-state index in [0.717, 1.165) is 17.8 Å². The van der Waals surface area contributed by atoms with Gasteiger partial charge in [-0.1, -0.05) is 0 Å². The second-order valence-corrected chi connectivity index (χ2v) is 5.61. The number of anilines is 1. The van der Waals surface area contributed by atoms with E-state index in [1.807, 2.05) is 0 Å². The molecule has 0 bridgehead atoms. The van der Waals surface area contributed by atoms with Crippen molar-refractivity contribution < 1.29 is 28.5 Å². The van der Waals surface area contributed by atoms with Crippen LogP contribution in [0.4, 0.5) is 14.7 Å². The number of aliphatic hydroxyl groups is 2. The number of hydrogen-bond acceptors (Lipinski definition) is 8. The molecule has 24 heavy (non-hydrogen) atoms. The number of rotatable bonds is 4. The fraction of sp³-hybridized carbons (Fsp3) is 0.615. The van der Waals surface area contributed by atoms with Crippen molar-refractivity contribution in [1.82, 2.24) is 19.5 Å². The summed E-state index contributed by atoms with van der Waals surface area (Å²) in [5, 5.41) is 19.0. The molecule has 0 radical (unpaired) electrons. The summed E-state index contributed by atoms with van der Waals surface area (Å²) < 4.78 is 40.6. The quantitative estimate of drug-likeness (QED) is 0.711. The molecule has 132 valence electrons. The van der Waals surface area contributed by atoms with E-state index in [-0.39, 0.29) is 29.6 Å². The Morgan fingerprint density at radius 1 is 1.46 bits per heavy atom. The van der Waals surface area contributed by atoms with E-state index in [1.54, 1.807) is 6.92 Å². The van der Waals surface area contributed by atoms with E-state index < -0.39 is 30.5 Å². The van der Waals surface area contributed by atoms with Crippen molar-refractivity contribution in [3.63, 3.8) is 0 Å². The van der Waals surface area contributed by atoms with Crippen molar-refractivity contribution in [1.29, 1.82) is 0 Å². The van der Waals surface area contributed by atoms with Crippen molar-refractivity contribution >= 4 is 17.1 Å². The Kier molecular flexibility index (Phi) is 3.81. The lowest BCUT2D eigenvalue weighted by molar-refractivity contribution is -0.206. The molecule has 0 saturated carbocycles. The molecule has 9 nitrogen and oxygen atoms in total. The number of alkyl halides is 2. The average Bonchev–Trinajstić information content (AvgIpc) is 3.01. The first kappa shape index (κ1) is 16.7. The topological polar surface area (TPSA) is 129 Å². The lowest BCUT2D eigenvalue weighted by Gasteiger charge is -2.24. The van der Waals surface area contributed by atoms with Crippen LogP contribution in [0.2, 0.25) is 0 Å². The molecule has 0 unspecified atom stereocenters. The van der Waals surface area contributed by atoms with Gasteiger partial charge >= 0.3 is 0 Å². The van der Waals surface area contributed by atoms with E-state index in [4.69, 9.17) is 20.3 Å². The molecule has 3 rings (SSSR count). The molecule has 11 heteroatoms. The third-order valence-electron chi connectivity index (χ3n) is 3.89. The lowest BCUT2D eigenvalue weighted by atomic mass is 9.97. The Morgan fingerprint density at radius 3 is 2.75 bits per heavy atom. The zero-order valence-electron chi connectivity index (χ0n) is 13.0. The molecule has 0 aliphatic carbocycles. The van der Waals surface area contributed by atoms with Gasteiger partial charge in [0, 0.05) is 0 Å². The highest BCUT2D eigenvalue weighted by Gasteiger charge is 2.64. The molecule has 4 atom stereocenters. The summed E-state index contributed by atoms with van der Waals surface area (Å²) in [6, 6.07) is 0. The Morgan fingerprint density at radius 2 is 2.17 bits per heavy atom. The van der Waals surface area contributed by atoms with Gasteiger partial charge in [0.05, 0.1) is 12.9 Å². The molecule has 1 aliphatic heterocycles. The summed E-state index contributed by atoms with van der Waals surface area (Å²) in [7, 11) is 0. The minimum atomic E-state index is -2.95. The van der Waals surface area contributed by atoms with E-state index in [9.17, 15) is 13.9 Å². The second kappa shape index (κ2) is 5.46. The van der Waals surface area contributed by atoms with Gasteiger partial charge in [0.1, 0.15) is 6.61 Å². The fourth-order valence-electron chi connectivity index (χ4n) is 2.69. The monoisotopic (exact) mass is 345 g/mol. The van der Waals surface area contributed by atoms with Gasteiger partial charge in [0.2, 0.25) is 11.8 Å². The Labute approximate surface area is 135 Å². The van der Waals surface area contributed by atoms with Crippen molar-refractivity contribution in [3.05, 3.63) is 6.33 Å². The standard InChI is InChI=1S/C13H17F2N5O4/c1-3-23-8-6-7(18-11(16)19-8)20(5-17-6)10-12(2,14)9(22)13(15,4-21)24-10/h5,9-10,21-22H,3-4H2,1-2H3,(H2,16,18,19)/t9-,10+,12+,13+/m0/s1. The second-order valence-electron chi connectivity index (χ2n) is 5.61. The third-order valence-corrected chi connectivity index (χ3v) is 3.89. The van der Waals surface area contributed by atoms with Crippen molar-refractivity contribution in [3.8, 4) is 5.88 Å². The molecule has 4 N–H and O–H groups in total. The van der Waals surface area contributed by atoms with Gasteiger partial charge in [-0.15, -0.1) is 0 Å². The molecule has 0 aromatic carbocycles. The van der Waals surface area contributed by atoms with Crippen LogP contribution in [0.15, 0.2) is 6.33 Å². The molecular formula is C13H17F2N5O4. The summed E-state index contributed by atoms with van der Waals surface area (Å²) in [5.41, 5.74) is 3.29. The lowest BCUT2D eigenvalue weighted by Crippen LogP contribution is -2.46. The first-order chi connectivity index (χ1) is 11.2. The van der Waals surface area contributed by atoms with Crippen LogP contribution in [-0.4, -0.2) is 60.6 Å². The number of hydrogen-bond donors (Lipinski definition) is 3. The Bertz CT molecular complexity index is 770.